The van der Waals surface area contributed by atoms with Crippen LogP contribution in [0.3, 0.4) is 0 Å². The number of thiophene rings is 1. The van der Waals surface area contributed by atoms with Gasteiger partial charge in [0, 0.05) is 4.88 Å². The largest absolute Gasteiger partial charge is 0.454 e. The van der Waals surface area contributed by atoms with E-state index in [0.29, 0.717) is 0 Å². The number of carbonyl (C=O) groups excluding carboxylic acids is 1. The first-order valence-electron chi connectivity index (χ1n) is 7.43. The number of carbonyl (C=O) groups is 1. The third-order valence-electron chi connectivity index (χ3n) is 3.86. The van der Waals surface area contributed by atoms with Crippen molar-refractivity contribution >= 4 is 38.9 Å². The molecule has 0 radical (unpaired) electrons. The predicted molar refractivity (Wildman–Crippen MR) is 89.7 cm³/mol. The second-order valence-corrected chi connectivity index (χ2v) is 7.67. The molecule has 22 heavy (non-hydrogen) atoms. The first-order valence-corrected chi connectivity index (χ1v) is 9.06. The maximum atomic E-state index is 12.2. The number of ether oxygens (including phenoxy) is 1. The first-order chi connectivity index (χ1) is 10.8. The van der Waals surface area contributed by atoms with Crippen molar-refractivity contribution in [2.45, 2.75) is 32.3 Å². The maximum Gasteiger partial charge on any atom is 0.348 e. The molecule has 1 aromatic carbocycles. The SMILES string of the molecule is O=C(OCc1nc2ccccc2s1)c1cc2c(s1)CCCC2. The number of para-hydroxylation sites is 1. The zero-order valence-corrected chi connectivity index (χ0v) is 13.6. The molecule has 0 aliphatic heterocycles. The van der Waals surface area contributed by atoms with Gasteiger partial charge >= 0.3 is 5.97 Å². The second kappa shape index (κ2) is 5.82. The minimum absolute atomic E-state index is 0.223. The molecule has 0 N–H and O–H groups in total. The van der Waals surface area contributed by atoms with Gasteiger partial charge in [-0.2, -0.15) is 0 Å². The van der Waals surface area contributed by atoms with E-state index in [4.69, 9.17) is 4.74 Å². The molecule has 0 atom stereocenters. The number of hydrogen-bond donors (Lipinski definition) is 0. The Morgan fingerprint density at radius 2 is 2.05 bits per heavy atom. The van der Waals surface area contributed by atoms with E-state index in [2.05, 4.69) is 4.98 Å². The van der Waals surface area contributed by atoms with E-state index in [1.165, 1.54) is 23.3 Å². The summed E-state index contributed by atoms with van der Waals surface area (Å²) in [5.41, 5.74) is 2.30. The summed E-state index contributed by atoms with van der Waals surface area (Å²) < 4.78 is 6.57. The minimum Gasteiger partial charge on any atom is -0.454 e. The first kappa shape index (κ1) is 13.9. The molecule has 1 aliphatic carbocycles. The van der Waals surface area contributed by atoms with Crippen LogP contribution < -0.4 is 0 Å². The van der Waals surface area contributed by atoms with Gasteiger partial charge in [0.2, 0.25) is 0 Å². The summed E-state index contributed by atoms with van der Waals surface area (Å²) in [6, 6.07) is 9.98. The van der Waals surface area contributed by atoms with E-state index >= 15 is 0 Å². The van der Waals surface area contributed by atoms with Crippen molar-refractivity contribution in [1.29, 1.82) is 0 Å². The van der Waals surface area contributed by atoms with Crippen molar-refractivity contribution in [3.05, 3.63) is 50.7 Å². The topological polar surface area (TPSA) is 39.2 Å². The molecule has 1 aliphatic rings. The van der Waals surface area contributed by atoms with Crippen LogP contribution in [0.25, 0.3) is 10.2 Å². The third kappa shape index (κ3) is 2.66. The van der Waals surface area contributed by atoms with Crippen LogP contribution in [-0.2, 0) is 24.2 Å². The highest BCUT2D eigenvalue weighted by atomic mass is 32.1. The van der Waals surface area contributed by atoms with Gasteiger partial charge in [-0.1, -0.05) is 12.1 Å². The molecule has 0 saturated heterocycles. The number of nitrogens with zero attached hydrogens (tertiary/aromatic N) is 1. The van der Waals surface area contributed by atoms with E-state index in [1.54, 1.807) is 22.7 Å². The van der Waals surface area contributed by atoms with E-state index in [0.717, 1.165) is 32.9 Å². The second-order valence-electron chi connectivity index (χ2n) is 5.42. The van der Waals surface area contributed by atoms with Crippen molar-refractivity contribution in [1.82, 2.24) is 4.98 Å². The molecule has 3 aromatic rings. The van der Waals surface area contributed by atoms with Crippen LogP contribution in [0.4, 0.5) is 0 Å². The Morgan fingerprint density at radius 3 is 2.91 bits per heavy atom. The van der Waals surface area contributed by atoms with Gasteiger partial charge in [-0.05, 0) is 49.4 Å². The highest BCUT2D eigenvalue weighted by Gasteiger charge is 2.18. The average Bonchev–Trinajstić information content (AvgIpc) is 3.15. The number of rotatable bonds is 3. The summed E-state index contributed by atoms with van der Waals surface area (Å²) in [7, 11) is 0. The molecule has 4 rings (SSSR count). The molecule has 5 heteroatoms. The Bertz CT molecular complexity index is 778. The van der Waals surface area contributed by atoms with Crippen LogP contribution in [0.5, 0.6) is 0 Å². The summed E-state index contributed by atoms with van der Waals surface area (Å²) >= 11 is 3.17. The lowest BCUT2D eigenvalue weighted by atomic mass is 9.99. The van der Waals surface area contributed by atoms with Gasteiger partial charge < -0.3 is 4.74 Å². The van der Waals surface area contributed by atoms with Crippen LogP contribution in [0, 0.1) is 0 Å². The molecule has 0 fully saturated rings. The van der Waals surface area contributed by atoms with Crippen LogP contribution in [0.15, 0.2) is 30.3 Å². The normalized spacial score (nSPS) is 14.0. The quantitative estimate of drug-likeness (QED) is 0.660. The van der Waals surface area contributed by atoms with Gasteiger partial charge in [0.1, 0.15) is 16.5 Å². The summed E-state index contributed by atoms with van der Waals surface area (Å²) in [5.74, 6) is -0.223. The summed E-state index contributed by atoms with van der Waals surface area (Å²) in [6.45, 7) is 0.251. The van der Waals surface area contributed by atoms with Crippen molar-refractivity contribution in [2.24, 2.45) is 0 Å². The van der Waals surface area contributed by atoms with Gasteiger partial charge in [-0.15, -0.1) is 22.7 Å². The molecule has 2 heterocycles. The summed E-state index contributed by atoms with van der Waals surface area (Å²) in [6.07, 6.45) is 4.65. The van der Waals surface area contributed by atoms with Crippen LogP contribution in [0.2, 0.25) is 0 Å². The van der Waals surface area contributed by atoms with Crippen molar-refractivity contribution in [3.8, 4) is 0 Å². The molecule has 112 valence electrons. The van der Waals surface area contributed by atoms with E-state index < -0.39 is 0 Å². The minimum atomic E-state index is -0.223. The zero-order chi connectivity index (χ0) is 14.9. The molecular formula is C17H15NO2S2. The van der Waals surface area contributed by atoms with Crippen molar-refractivity contribution < 1.29 is 9.53 Å². The fourth-order valence-electron chi connectivity index (χ4n) is 2.77. The number of benzene rings is 1. The Labute approximate surface area is 136 Å². The Hall–Kier alpha value is -1.72. The zero-order valence-electron chi connectivity index (χ0n) is 12.0. The van der Waals surface area contributed by atoms with Crippen LogP contribution in [-0.4, -0.2) is 11.0 Å². The molecule has 2 aromatic heterocycles. The highest BCUT2D eigenvalue weighted by Crippen LogP contribution is 2.30. The maximum absolute atomic E-state index is 12.2. The third-order valence-corrected chi connectivity index (χ3v) is 6.09. The Morgan fingerprint density at radius 1 is 1.18 bits per heavy atom. The fraction of sp³-hybridized carbons (Fsp3) is 0.294. The number of thiazole rings is 1. The Kier molecular flexibility index (Phi) is 3.68. The molecule has 0 amide bonds. The fourth-order valence-corrected chi connectivity index (χ4v) is 4.80. The van der Waals surface area contributed by atoms with Gasteiger partial charge in [-0.25, -0.2) is 9.78 Å². The molecule has 0 bridgehead atoms. The molecule has 0 unspecified atom stereocenters. The van der Waals surface area contributed by atoms with Crippen LogP contribution >= 0.6 is 22.7 Å². The van der Waals surface area contributed by atoms with Gasteiger partial charge in [0.15, 0.2) is 0 Å². The van der Waals surface area contributed by atoms with Crippen molar-refractivity contribution in [2.75, 3.05) is 0 Å². The Balaban J connectivity index is 1.46. The number of aryl methyl sites for hydroxylation is 2. The number of fused-ring (bicyclic) bond motifs is 2. The standard InChI is InChI=1S/C17H15NO2S2/c19-17(15-9-11-5-1-3-7-13(11)21-15)20-10-16-18-12-6-2-4-8-14(12)22-16/h2,4,6,8-9H,1,3,5,7,10H2. The van der Waals surface area contributed by atoms with E-state index in [9.17, 15) is 4.79 Å². The summed E-state index contributed by atoms with van der Waals surface area (Å²) in [5, 5.41) is 0.843. The molecule has 0 spiro atoms. The van der Waals surface area contributed by atoms with Gasteiger partial charge in [0.25, 0.3) is 0 Å². The molecule has 3 nitrogen and oxygen atoms in total. The van der Waals surface area contributed by atoms with Crippen molar-refractivity contribution in [3.63, 3.8) is 0 Å². The number of aromatic nitrogens is 1. The molecular weight excluding hydrogens is 314 g/mol. The lowest BCUT2D eigenvalue weighted by Crippen LogP contribution is -2.02. The summed E-state index contributed by atoms with van der Waals surface area (Å²) in [4.78, 5) is 18.8. The smallest absolute Gasteiger partial charge is 0.348 e. The molecule has 0 saturated carbocycles. The van der Waals surface area contributed by atoms with Crippen LogP contribution in [0.1, 0.15) is 38.0 Å². The van der Waals surface area contributed by atoms with Gasteiger partial charge in [-0.3, -0.25) is 0 Å². The predicted octanol–water partition coefficient (Wildman–Crippen LogP) is 4.59. The van der Waals surface area contributed by atoms with E-state index in [-0.39, 0.29) is 12.6 Å². The van der Waals surface area contributed by atoms with E-state index in [1.807, 2.05) is 30.3 Å². The number of hydrogen-bond acceptors (Lipinski definition) is 5. The number of esters is 1. The lowest BCUT2D eigenvalue weighted by molar-refractivity contribution is 0.0478. The highest BCUT2D eigenvalue weighted by molar-refractivity contribution is 7.18. The van der Waals surface area contributed by atoms with Gasteiger partial charge in [0.05, 0.1) is 10.2 Å². The lowest BCUT2D eigenvalue weighted by Gasteiger charge is -2.08. The average molecular weight is 329 g/mol. The monoisotopic (exact) mass is 329 g/mol.